The Morgan fingerprint density at radius 3 is 2.44 bits per heavy atom. The van der Waals surface area contributed by atoms with Crippen LogP contribution in [0.4, 0.5) is 0 Å². The molecule has 2 heteroatoms. The van der Waals surface area contributed by atoms with Crippen LogP contribution in [0.15, 0.2) is 0 Å². The molecule has 0 radical (unpaired) electrons. The number of hydrogen-bond donors (Lipinski definition) is 1. The van der Waals surface area contributed by atoms with Crippen molar-refractivity contribution in [1.29, 1.82) is 0 Å². The highest BCUT2D eigenvalue weighted by atomic mass is 32.2. The predicted molar refractivity (Wildman–Crippen MR) is 81.2 cm³/mol. The van der Waals surface area contributed by atoms with Crippen molar-refractivity contribution in [2.24, 2.45) is 5.41 Å². The van der Waals surface area contributed by atoms with E-state index >= 15 is 0 Å². The quantitative estimate of drug-likeness (QED) is 0.815. The Hall–Kier alpha value is 0.310. The van der Waals surface area contributed by atoms with Crippen molar-refractivity contribution in [3.63, 3.8) is 0 Å². The van der Waals surface area contributed by atoms with E-state index in [9.17, 15) is 0 Å². The third kappa shape index (κ3) is 2.60. The Labute approximate surface area is 117 Å². The summed E-state index contributed by atoms with van der Waals surface area (Å²) in [6.07, 6.45) is 18.5. The molecule has 3 aliphatic rings. The van der Waals surface area contributed by atoms with Crippen molar-refractivity contribution < 1.29 is 0 Å². The Morgan fingerprint density at radius 1 is 0.944 bits per heavy atom. The second-order valence-corrected chi connectivity index (χ2v) is 8.04. The molecule has 0 bridgehead atoms. The molecule has 1 nitrogen and oxygen atoms in total. The molecule has 0 heterocycles. The fraction of sp³-hybridized carbons (Fsp3) is 1.00. The number of hydrogen-bond acceptors (Lipinski definition) is 2. The van der Waals surface area contributed by atoms with E-state index in [1.807, 2.05) is 0 Å². The van der Waals surface area contributed by atoms with Gasteiger partial charge in [-0.2, -0.15) is 11.8 Å². The average molecular weight is 267 g/mol. The summed E-state index contributed by atoms with van der Waals surface area (Å²) in [7, 11) is 0. The molecule has 3 atom stereocenters. The van der Waals surface area contributed by atoms with Crippen LogP contribution in [0.1, 0.15) is 70.6 Å². The lowest BCUT2D eigenvalue weighted by Crippen LogP contribution is -2.57. The molecule has 18 heavy (non-hydrogen) atoms. The van der Waals surface area contributed by atoms with Gasteiger partial charge in [-0.15, -0.1) is 0 Å². The van der Waals surface area contributed by atoms with Crippen molar-refractivity contribution in [1.82, 2.24) is 5.32 Å². The van der Waals surface area contributed by atoms with Gasteiger partial charge in [0.15, 0.2) is 0 Å². The van der Waals surface area contributed by atoms with E-state index < -0.39 is 0 Å². The molecule has 3 saturated carbocycles. The highest BCUT2D eigenvalue weighted by Crippen LogP contribution is 2.52. The highest BCUT2D eigenvalue weighted by molar-refractivity contribution is 7.99. The highest BCUT2D eigenvalue weighted by Gasteiger charge is 2.47. The Kier molecular flexibility index (Phi) is 4.25. The molecular weight excluding hydrogens is 238 g/mol. The van der Waals surface area contributed by atoms with Crippen LogP contribution < -0.4 is 5.32 Å². The van der Waals surface area contributed by atoms with Gasteiger partial charge in [0.2, 0.25) is 0 Å². The van der Waals surface area contributed by atoms with Crippen molar-refractivity contribution >= 4 is 11.8 Å². The molecule has 0 aromatic carbocycles. The Bertz CT molecular complexity index is 272. The van der Waals surface area contributed by atoms with Crippen LogP contribution in [-0.4, -0.2) is 23.6 Å². The minimum absolute atomic E-state index is 0.741. The van der Waals surface area contributed by atoms with Crippen LogP contribution in [0, 0.1) is 5.41 Å². The fourth-order valence-electron chi connectivity index (χ4n) is 4.61. The number of thioether (sulfide) groups is 1. The second-order valence-electron chi connectivity index (χ2n) is 6.90. The Balaban J connectivity index is 1.53. The molecule has 0 amide bonds. The second kappa shape index (κ2) is 5.75. The molecule has 104 valence electrons. The molecule has 3 fully saturated rings. The number of rotatable bonds is 3. The first-order valence-electron chi connectivity index (χ1n) is 8.11. The molecule has 3 rings (SSSR count). The first kappa shape index (κ1) is 13.3. The van der Waals surface area contributed by atoms with Crippen LogP contribution >= 0.6 is 11.8 Å². The summed E-state index contributed by atoms with van der Waals surface area (Å²) < 4.78 is 0. The fourth-order valence-corrected chi connectivity index (χ4v) is 5.43. The van der Waals surface area contributed by atoms with Gasteiger partial charge in [-0.1, -0.05) is 25.7 Å². The summed E-state index contributed by atoms with van der Waals surface area (Å²) in [4.78, 5) is 0. The predicted octanol–water partition coefficient (Wildman–Crippen LogP) is 4.36. The van der Waals surface area contributed by atoms with Gasteiger partial charge in [0.05, 0.1) is 0 Å². The summed E-state index contributed by atoms with van der Waals surface area (Å²) in [6, 6.07) is 1.71. The maximum atomic E-state index is 4.07. The first-order valence-corrected chi connectivity index (χ1v) is 9.40. The van der Waals surface area contributed by atoms with Crippen molar-refractivity contribution in [2.75, 3.05) is 6.26 Å². The van der Waals surface area contributed by atoms with Crippen LogP contribution in [0.2, 0.25) is 0 Å². The SMILES string of the molecule is CSC1CCCC(NC2CCC23CCCCC3)C1. The molecule has 0 saturated heterocycles. The zero-order chi connectivity index (χ0) is 12.4. The Morgan fingerprint density at radius 2 is 1.78 bits per heavy atom. The third-order valence-corrected chi connectivity index (χ3v) is 7.01. The largest absolute Gasteiger partial charge is 0.311 e. The van der Waals surface area contributed by atoms with E-state index in [0.29, 0.717) is 0 Å². The summed E-state index contributed by atoms with van der Waals surface area (Å²) in [5.74, 6) is 0. The van der Waals surface area contributed by atoms with Gasteiger partial charge in [-0.05, 0) is 56.6 Å². The standard InChI is InChI=1S/C16H29NS/c1-18-14-7-5-6-13(12-14)17-15-8-11-16(15)9-3-2-4-10-16/h13-15,17H,2-12H2,1H3. The van der Waals surface area contributed by atoms with E-state index in [4.69, 9.17) is 0 Å². The van der Waals surface area contributed by atoms with Gasteiger partial charge in [0, 0.05) is 17.3 Å². The van der Waals surface area contributed by atoms with Gasteiger partial charge in [0.25, 0.3) is 0 Å². The van der Waals surface area contributed by atoms with E-state index in [1.54, 1.807) is 0 Å². The van der Waals surface area contributed by atoms with Crippen LogP contribution in [0.3, 0.4) is 0 Å². The molecule has 1 N–H and O–H groups in total. The van der Waals surface area contributed by atoms with Crippen LogP contribution in [-0.2, 0) is 0 Å². The van der Waals surface area contributed by atoms with Crippen molar-refractivity contribution in [2.45, 2.75) is 88.0 Å². The van der Waals surface area contributed by atoms with E-state index in [0.717, 1.165) is 22.7 Å². The van der Waals surface area contributed by atoms with Crippen LogP contribution in [0.25, 0.3) is 0 Å². The van der Waals surface area contributed by atoms with Gasteiger partial charge in [-0.25, -0.2) is 0 Å². The maximum absolute atomic E-state index is 4.07. The maximum Gasteiger partial charge on any atom is 0.0126 e. The molecule has 0 aromatic heterocycles. The third-order valence-electron chi connectivity index (χ3n) is 5.92. The van der Waals surface area contributed by atoms with Gasteiger partial charge in [0.1, 0.15) is 0 Å². The molecule has 3 unspecified atom stereocenters. The van der Waals surface area contributed by atoms with E-state index in [-0.39, 0.29) is 0 Å². The monoisotopic (exact) mass is 267 g/mol. The molecule has 1 spiro atoms. The molecular formula is C16H29NS. The lowest BCUT2D eigenvalue weighted by atomic mass is 9.57. The summed E-state index contributed by atoms with van der Waals surface area (Å²) in [6.45, 7) is 0. The van der Waals surface area contributed by atoms with Gasteiger partial charge < -0.3 is 5.32 Å². The lowest BCUT2D eigenvalue weighted by molar-refractivity contribution is 0.0139. The summed E-state index contributed by atoms with van der Waals surface area (Å²) in [5, 5.41) is 5.00. The molecule has 0 aliphatic heterocycles. The van der Waals surface area contributed by atoms with Gasteiger partial charge >= 0.3 is 0 Å². The van der Waals surface area contributed by atoms with Crippen molar-refractivity contribution in [3.8, 4) is 0 Å². The van der Waals surface area contributed by atoms with Crippen LogP contribution in [0.5, 0.6) is 0 Å². The zero-order valence-electron chi connectivity index (χ0n) is 11.9. The zero-order valence-corrected chi connectivity index (χ0v) is 12.7. The lowest BCUT2D eigenvalue weighted by Gasteiger charge is -2.54. The minimum atomic E-state index is 0.741. The average Bonchev–Trinajstić information content (AvgIpc) is 2.45. The van der Waals surface area contributed by atoms with E-state index in [1.165, 1.54) is 70.6 Å². The van der Waals surface area contributed by atoms with E-state index in [2.05, 4.69) is 23.3 Å². The minimum Gasteiger partial charge on any atom is -0.311 e. The van der Waals surface area contributed by atoms with Gasteiger partial charge in [-0.3, -0.25) is 0 Å². The molecule has 0 aromatic rings. The smallest absolute Gasteiger partial charge is 0.0126 e. The normalized spacial score (nSPS) is 39.5. The number of nitrogens with one attached hydrogen (secondary N) is 1. The van der Waals surface area contributed by atoms with Crippen molar-refractivity contribution in [3.05, 3.63) is 0 Å². The molecule has 3 aliphatic carbocycles. The summed E-state index contributed by atoms with van der Waals surface area (Å²) in [5.41, 5.74) is 0.741. The summed E-state index contributed by atoms with van der Waals surface area (Å²) >= 11 is 2.09. The first-order chi connectivity index (χ1) is 8.82. The topological polar surface area (TPSA) is 12.0 Å².